The number of hydrogen-bond donors (Lipinski definition) is 2. The van der Waals surface area contributed by atoms with Gasteiger partial charge < -0.3 is 10.3 Å². The van der Waals surface area contributed by atoms with Gasteiger partial charge in [-0.15, -0.1) is 0 Å². The van der Waals surface area contributed by atoms with Crippen LogP contribution in [0.3, 0.4) is 0 Å². The maximum absolute atomic E-state index is 12.6. The Hall–Kier alpha value is -2.80. The van der Waals surface area contributed by atoms with Crippen molar-refractivity contribution >= 4 is 16.9 Å². The Balaban J connectivity index is 1.52. The minimum absolute atomic E-state index is 0.118. The predicted molar refractivity (Wildman–Crippen MR) is 98.6 cm³/mol. The molecule has 7 nitrogen and oxygen atoms in total. The zero-order valence-electron chi connectivity index (χ0n) is 15.0. The Bertz CT molecular complexity index is 950. The number of likely N-dealkylation sites (tertiary alicyclic amines) is 1. The Morgan fingerprint density at radius 1 is 1.38 bits per heavy atom. The summed E-state index contributed by atoms with van der Waals surface area (Å²) in [4.78, 5) is 31.1. The van der Waals surface area contributed by atoms with Crippen LogP contribution in [0.2, 0.25) is 0 Å². The summed E-state index contributed by atoms with van der Waals surface area (Å²) in [5.41, 5.74) is 4.31. The third kappa shape index (κ3) is 3.17. The molecule has 1 atom stereocenters. The molecule has 1 aliphatic heterocycles. The second-order valence-corrected chi connectivity index (χ2v) is 6.78. The van der Waals surface area contributed by atoms with Gasteiger partial charge in [-0.2, -0.15) is 0 Å². The third-order valence-corrected chi connectivity index (χ3v) is 4.98. The van der Waals surface area contributed by atoms with E-state index in [0.717, 1.165) is 41.1 Å². The van der Waals surface area contributed by atoms with Crippen LogP contribution >= 0.6 is 0 Å². The van der Waals surface area contributed by atoms with E-state index >= 15 is 0 Å². The highest BCUT2D eigenvalue weighted by molar-refractivity contribution is 5.97. The maximum Gasteiger partial charge on any atom is 0.251 e. The van der Waals surface area contributed by atoms with Crippen LogP contribution in [0, 0.1) is 6.92 Å². The van der Waals surface area contributed by atoms with Crippen LogP contribution in [-0.2, 0) is 6.54 Å². The standard InChI is InChI=1S/C19H22N6O/c1-12-20-9-14(18(24-12)17-4-3-7-25(17)2)10-21-19(26)13-5-6-15-16(8-13)23-11-22-15/h5-6,8-9,11,17H,3-4,7,10H2,1-2H3,(H,21,26)(H,22,23)/t17-/m1/s1. The summed E-state index contributed by atoms with van der Waals surface area (Å²) in [7, 11) is 2.12. The second-order valence-electron chi connectivity index (χ2n) is 6.78. The van der Waals surface area contributed by atoms with Crippen molar-refractivity contribution in [3.05, 3.63) is 53.4 Å². The van der Waals surface area contributed by atoms with Crippen LogP contribution in [0.4, 0.5) is 0 Å². The topological polar surface area (TPSA) is 86.8 Å². The molecular formula is C19H22N6O. The average Bonchev–Trinajstić information content (AvgIpc) is 3.28. The number of imidazole rings is 1. The summed E-state index contributed by atoms with van der Waals surface area (Å²) in [5, 5.41) is 3.00. The van der Waals surface area contributed by atoms with Gasteiger partial charge in [0.05, 0.1) is 29.1 Å². The van der Waals surface area contributed by atoms with Crippen molar-refractivity contribution in [2.24, 2.45) is 0 Å². The fourth-order valence-corrected chi connectivity index (χ4v) is 3.55. The van der Waals surface area contributed by atoms with Gasteiger partial charge in [-0.3, -0.25) is 9.69 Å². The summed E-state index contributed by atoms with van der Waals surface area (Å²) in [6.07, 6.45) is 5.72. The number of rotatable bonds is 4. The molecule has 1 amide bonds. The summed E-state index contributed by atoms with van der Waals surface area (Å²) in [6.45, 7) is 3.39. The third-order valence-electron chi connectivity index (χ3n) is 4.98. The first-order valence-corrected chi connectivity index (χ1v) is 8.86. The first-order chi connectivity index (χ1) is 12.6. The SMILES string of the molecule is Cc1ncc(CNC(=O)c2ccc3nc[nH]c3c2)c([C@H]2CCCN2C)n1. The number of aromatic amines is 1. The highest BCUT2D eigenvalue weighted by Crippen LogP contribution is 2.31. The molecule has 2 N–H and O–H groups in total. The van der Waals surface area contributed by atoms with E-state index in [1.165, 1.54) is 6.42 Å². The number of H-pyrrole nitrogens is 1. The molecule has 0 unspecified atom stereocenters. The Labute approximate surface area is 151 Å². The van der Waals surface area contributed by atoms with Crippen molar-refractivity contribution in [3.63, 3.8) is 0 Å². The molecule has 1 fully saturated rings. The molecule has 134 valence electrons. The lowest BCUT2D eigenvalue weighted by atomic mass is 10.1. The lowest BCUT2D eigenvalue weighted by molar-refractivity contribution is 0.0950. The number of aryl methyl sites for hydroxylation is 1. The molecule has 7 heteroatoms. The number of carbonyl (C=O) groups is 1. The molecule has 0 saturated carbocycles. The van der Waals surface area contributed by atoms with E-state index in [1.54, 1.807) is 12.4 Å². The molecule has 0 radical (unpaired) electrons. The van der Waals surface area contributed by atoms with Crippen molar-refractivity contribution < 1.29 is 4.79 Å². The van der Waals surface area contributed by atoms with E-state index in [-0.39, 0.29) is 5.91 Å². The van der Waals surface area contributed by atoms with E-state index in [2.05, 4.69) is 37.2 Å². The lowest BCUT2D eigenvalue weighted by Gasteiger charge is -2.21. The number of fused-ring (bicyclic) bond motifs is 1. The second kappa shape index (κ2) is 6.84. The summed E-state index contributed by atoms with van der Waals surface area (Å²) >= 11 is 0. The monoisotopic (exact) mass is 350 g/mol. The van der Waals surface area contributed by atoms with Gasteiger partial charge in [0.2, 0.25) is 0 Å². The summed E-state index contributed by atoms with van der Waals surface area (Å²) in [6, 6.07) is 5.74. The van der Waals surface area contributed by atoms with Gasteiger partial charge in [0.15, 0.2) is 0 Å². The Morgan fingerprint density at radius 2 is 2.27 bits per heavy atom. The molecule has 1 aliphatic rings. The molecule has 1 aromatic carbocycles. The van der Waals surface area contributed by atoms with Gasteiger partial charge >= 0.3 is 0 Å². The lowest BCUT2D eigenvalue weighted by Crippen LogP contribution is -2.26. The predicted octanol–water partition coefficient (Wildman–Crippen LogP) is 2.36. The van der Waals surface area contributed by atoms with Gasteiger partial charge in [0.1, 0.15) is 5.82 Å². The maximum atomic E-state index is 12.6. The van der Waals surface area contributed by atoms with E-state index in [0.29, 0.717) is 18.2 Å². The molecule has 0 bridgehead atoms. The van der Waals surface area contributed by atoms with Gasteiger partial charge in [-0.05, 0) is 51.6 Å². The summed E-state index contributed by atoms with van der Waals surface area (Å²) < 4.78 is 0. The zero-order chi connectivity index (χ0) is 18.1. The average molecular weight is 350 g/mol. The van der Waals surface area contributed by atoms with Crippen molar-refractivity contribution in [2.75, 3.05) is 13.6 Å². The number of benzene rings is 1. The molecule has 4 rings (SSSR count). The van der Waals surface area contributed by atoms with Crippen LogP contribution < -0.4 is 5.32 Å². The highest BCUT2D eigenvalue weighted by atomic mass is 16.1. The minimum atomic E-state index is -0.118. The number of hydrogen-bond acceptors (Lipinski definition) is 5. The number of aromatic nitrogens is 4. The molecule has 1 saturated heterocycles. The molecule has 3 aromatic rings. The number of amides is 1. The minimum Gasteiger partial charge on any atom is -0.348 e. The first kappa shape index (κ1) is 16.7. The van der Waals surface area contributed by atoms with Gasteiger partial charge in [0.25, 0.3) is 5.91 Å². The molecule has 3 heterocycles. The van der Waals surface area contributed by atoms with Gasteiger partial charge in [-0.1, -0.05) is 0 Å². The van der Waals surface area contributed by atoms with Crippen LogP contribution in [0.25, 0.3) is 11.0 Å². The van der Waals surface area contributed by atoms with E-state index in [9.17, 15) is 4.79 Å². The number of carbonyl (C=O) groups excluding carboxylic acids is 1. The van der Waals surface area contributed by atoms with Gasteiger partial charge in [-0.25, -0.2) is 15.0 Å². The fraction of sp³-hybridized carbons (Fsp3) is 0.368. The van der Waals surface area contributed by atoms with Crippen LogP contribution in [0.1, 0.15) is 46.3 Å². The molecular weight excluding hydrogens is 328 g/mol. The van der Waals surface area contributed by atoms with Crippen molar-refractivity contribution in [1.82, 2.24) is 30.2 Å². The van der Waals surface area contributed by atoms with Crippen LogP contribution in [0.5, 0.6) is 0 Å². The van der Waals surface area contributed by atoms with Gasteiger partial charge in [0, 0.05) is 23.9 Å². The zero-order valence-corrected chi connectivity index (χ0v) is 15.0. The largest absolute Gasteiger partial charge is 0.348 e. The molecule has 2 aromatic heterocycles. The normalized spacial score (nSPS) is 17.7. The Kier molecular flexibility index (Phi) is 4.38. The smallest absolute Gasteiger partial charge is 0.251 e. The molecule has 0 aliphatic carbocycles. The highest BCUT2D eigenvalue weighted by Gasteiger charge is 2.26. The van der Waals surface area contributed by atoms with Crippen molar-refractivity contribution in [2.45, 2.75) is 32.4 Å². The number of nitrogens with zero attached hydrogens (tertiary/aromatic N) is 4. The quantitative estimate of drug-likeness (QED) is 0.754. The molecule has 0 spiro atoms. The summed E-state index contributed by atoms with van der Waals surface area (Å²) in [5.74, 6) is 0.646. The van der Waals surface area contributed by atoms with Crippen molar-refractivity contribution in [1.29, 1.82) is 0 Å². The van der Waals surface area contributed by atoms with Crippen LogP contribution in [0.15, 0.2) is 30.7 Å². The number of nitrogens with one attached hydrogen (secondary N) is 2. The van der Waals surface area contributed by atoms with E-state index in [1.807, 2.05) is 25.3 Å². The van der Waals surface area contributed by atoms with E-state index < -0.39 is 0 Å². The van der Waals surface area contributed by atoms with E-state index in [4.69, 9.17) is 0 Å². The first-order valence-electron chi connectivity index (χ1n) is 8.86. The fourth-order valence-electron chi connectivity index (χ4n) is 3.55. The van der Waals surface area contributed by atoms with Crippen molar-refractivity contribution in [3.8, 4) is 0 Å². The molecule has 26 heavy (non-hydrogen) atoms. The van der Waals surface area contributed by atoms with Crippen LogP contribution in [-0.4, -0.2) is 44.3 Å². The Morgan fingerprint density at radius 3 is 3.08 bits per heavy atom.